The molecule has 0 spiro atoms. The standard InChI is InChI=1S/C19H26BrN5O/c1-4-21-19(22-10-14-5-6-18(26-3)17(20)9-14)25-8-7-15(13-25)16-11-23-24(2)12-16/h5-6,9,11-12,15H,4,7-8,10,13H2,1-3H3,(H,21,22). The summed E-state index contributed by atoms with van der Waals surface area (Å²) in [5, 5.41) is 7.73. The summed E-state index contributed by atoms with van der Waals surface area (Å²) in [5.74, 6) is 2.33. The van der Waals surface area contributed by atoms with Crippen LogP contribution in [0.25, 0.3) is 0 Å². The van der Waals surface area contributed by atoms with E-state index in [0.29, 0.717) is 12.5 Å². The van der Waals surface area contributed by atoms with Crippen molar-refractivity contribution in [1.29, 1.82) is 0 Å². The van der Waals surface area contributed by atoms with E-state index in [4.69, 9.17) is 9.73 Å². The first kappa shape index (κ1) is 18.8. The van der Waals surface area contributed by atoms with E-state index >= 15 is 0 Å². The third-order valence-electron chi connectivity index (χ3n) is 4.65. The van der Waals surface area contributed by atoms with E-state index in [1.54, 1.807) is 7.11 Å². The van der Waals surface area contributed by atoms with Gasteiger partial charge in [0.1, 0.15) is 5.75 Å². The highest BCUT2D eigenvalue weighted by molar-refractivity contribution is 9.10. The Kier molecular flexibility index (Phi) is 6.19. The fourth-order valence-corrected chi connectivity index (χ4v) is 3.86. The number of benzene rings is 1. The first-order valence-electron chi connectivity index (χ1n) is 8.95. The van der Waals surface area contributed by atoms with Gasteiger partial charge >= 0.3 is 0 Å². The van der Waals surface area contributed by atoms with Crippen LogP contribution in [0.15, 0.2) is 40.1 Å². The van der Waals surface area contributed by atoms with Crippen LogP contribution in [-0.2, 0) is 13.6 Å². The lowest BCUT2D eigenvalue weighted by Crippen LogP contribution is -2.40. The molecular weight excluding hydrogens is 394 g/mol. The van der Waals surface area contributed by atoms with Crippen LogP contribution in [0.2, 0.25) is 0 Å². The van der Waals surface area contributed by atoms with Gasteiger partial charge in [-0.15, -0.1) is 0 Å². The van der Waals surface area contributed by atoms with Crippen LogP contribution >= 0.6 is 15.9 Å². The summed E-state index contributed by atoms with van der Waals surface area (Å²) in [6, 6.07) is 6.09. The first-order valence-corrected chi connectivity index (χ1v) is 9.74. The van der Waals surface area contributed by atoms with Gasteiger partial charge in [0.25, 0.3) is 0 Å². The molecule has 0 aliphatic carbocycles. The maximum Gasteiger partial charge on any atom is 0.194 e. The van der Waals surface area contributed by atoms with E-state index < -0.39 is 0 Å². The van der Waals surface area contributed by atoms with Crippen LogP contribution in [0.4, 0.5) is 0 Å². The SMILES string of the molecule is CCNC(=NCc1ccc(OC)c(Br)c1)N1CCC(c2cnn(C)c2)C1. The summed E-state index contributed by atoms with van der Waals surface area (Å²) >= 11 is 3.54. The van der Waals surface area contributed by atoms with Crippen LogP contribution in [-0.4, -0.2) is 47.4 Å². The van der Waals surface area contributed by atoms with Crippen LogP contribution in [0, 0.1) is 0 Å². The molecule has 140 valence electrons. The fraction of sp³-hybridized carbons (Fsp3) is 0.474. The Hall–Kier alpha value is -2.02. The molecule has 0 saturated carbocycles. The normalized spacial score (nSPS) is 17.6. The number of hydrogen-bond donors (Lipinski definition) is 1. The van der Waals surface area contributed by atoms with Gasteiger partial charge in [-0.25, -0.2) is 4.99 Å². The molecule has 2 aromatic rings. The lowest BCUT2D eigenvalue weighted by molar-refractivity contribution is 0.412. The van der Waals surface area contributed by atoms with Crippen molar-refractivity contribution in [1.82, 2.24) is 20.0 Å². The van der Waals surface area contributed by atoms with E-state index in [1.165, 1.54) is 5.56 Å². The predicted molar refractivity (Wildman–Crippen MR) is 108 cm³/mol. The zero-order valence-electron chi connectivity index (χ0n) is 15.6. The molecule has 1 atom stereocenters. The van der Waals surface area contributed by atoms with Gasteiger partial charge in [0.2, 0.25) is 0 Å². The Morgan fingerprint density at radius 1 is 1.46 bits per heavy atom. The van der Waals surface area contributed by atoms with E-state index in [-0.39, 0.29) is 0 Å². The maximum absolute atomic E-state index is 5.29. The van der Waals surface area contributed by atoms with Crippen LogP contribution < -0.4 is 10.1 Å². The number of guanidine groups is 1. The van der Waals surface area contributed by atoms with E-state index in [9.17, 15) is 0 Å². The molecule has 7 heteroatoms. The molecule has 3 rings (SSSR count). The molecule has 26 heavy (non-hydrogen) atoms. The van der Waals surface area contributed by atoms with Gasteiger partial charge in [0.15, 0.2) is 5.96 Å². The van der Waals surface area contributed by atoms with Crippen molar-refractivity contribution in [2.75, 3.05) is 26.7 Å². The minimum Gasteiger partial charge on any atom is -0.496 e. The summed E-state index contributed by atoms with van der Waals surface area (Å²) < 4.78 is 8.12. The molecule has 1 fully saturated rings. The molecule has 1 aromatic carbocycles. The van der Waals surface area contributed by atoms with Gasteiger partial charge in [-0.05, 0) is 52.5 Å². The van der Waals surface area contributed by atoms with Crippen molar-refractivity contribution >= 4 is 21.9 Å². The summed E-state index contributed by atoms with van der Waals surface area (Å²) in [6.45, 7) is 5.59. The Bertz CT molecular complexity index is 773. The Morgan fingerprint density at radius 2 is 2.31 bits per heavy atom. The largest absolute Gasteiger partial charge is 0.496 e. The molecule has 0 amide bonds. The van der Waals surface area contributed by atoms with Gasteiger partial charge in [-0.2, -0.15) is 5.10 Å². The summed E-state index contributed by atoms with van der Waals surface area (Å²) in [5.41, 5.74) is 2.46. The summed E-state index contributed by atoms with van der Waals surface area (Å²) in [6.07, 6.45) is 5.23. The van der Waals surface area contributed by atoms with E-state index in [1.807, 2.05) is 24.0 Å². The second-order valence-electron chi connectivity index (χ2n) is 6.52. The van der Waals surface area contributed by atoms with Crippen LogP contribution in [0.1, 0.15) is 30.4 Å². The number of halogens is 1. The highest BCUT2D eigenvalue weighted by Crippen LogP contribution is 2.27. The van der Waals surface area contributed by atoms with E-state index in [2.05, 4.69) is 56.5 Å². The zero-order chi connectivity index (χ0) is 18.5. The zero-order valence-corrected chi connectivity index (χ0v) is 17.2. The number of nitrogens with zero attached hydrogens (tertiary/aromatic N) is 4. The maximum atomic E-state index is 5.29. The molecule has 1 aliphatic heterocycles. The number of aliphatic imine (C=N–C) groups is 1. The summed E-state index contributed by atoms with van der Waals surface area (Å²) in [7, 11) is 3.64. The molecule has 0 radical (unpaired) electrons. The summed E-state index contributed by atoms with van der Waals surface area (Å²) in [4.78, 5) is 7.19. The van der Waals surface area contributed by atoms with Crippen molar-refractivity contribution in [2.45, 2.75) is 25.8 Å². The first-order chi connectivity index (χ1) is 12.6. The monoisotopic (exact) mass is 419 g/mol. The number of aryl methyl sites for hydroxylation is 1. The van der Waals surface area contributed by atoms with Crippen molar-refractivity contribution in [3.05, 3.63) is 46.2 Å². The third-order valence-corrected chi connectivity index (χ3v) is 5.27. The van der Waals surface area contributed by atoms with Crippen LogP contribution in [0.3, 0.4) is 0 Å². The Morgan fingerprint density at radius 3 is 2.96 bits per heavy atom. The lowest BCUT2D eigenvalue weighted by atomic mass is 10.0. The molecule has 1 aromatic heterocycles. The highest BCUT2D eigenvalue weighted by Gasteiger charge is 2.26. The minimum atomic E-state index is 0.516. The number of hydrogen-bond acceptors (Lipinski definition) is 3. The topological polar surface area (TPSA) is 54.7 Å². The van der Waals surface area contributed by atoms with Crippen molar-refractivity contribution in [3.63, 3.8) is 0 Å². The lowest BCUT2D eigenvalue weighted by Gasteiger charge is -2.21. The number of rotatable bonds is 5. The molecule has 6 nitrogen and oxygen atoms in total. The number of nitrogens with one attached hydrogen (secondary N) is 1. The van der Waals surface area contributed by atoms with Crippen molar-refractivity contribution < 1.29 is 4.74 Å². The Balaban J connectivity index is 1.68. The molecule has 1 unspecified atom stereocenters. The molecule has 0 bridgehead atoms. The molecule has 1 N–H and O–H groups in total. The second-order valence-corrected chi connectivity index (χ2v) is 7.37. The van der Waals surface area contributed by atoms with Crippen molar-refractivity contribution in [2.24, 2.45) is 12.0 Å². The van der Waals surface area contributed by atoms with Gasteiger partial charge < -0.3 is 15.0 Å². The van der Waals surface area contributed by atoms with Gasteiger partial charge in [-0.3, -0.25) is 4.68 Å². The smallest absolute Gasteiger partial charge is 0.194 e. The average Bonchev–Trinajstić information content (AvgIpc) is 3.27. The number of methoxy groups -OCH3 is 1. The molecule has 1 saturated heterocycles. The Labute approximate surface area is 163 Å². The quantitative estimate of drug-likeness (QED) is 0.597. The second kappa shape index (κ2) is 8.58. The van der Waals surface area contributed by atoms with Crippen molar-refractivity contribution in [3.8, 4) is 5.75 Å². The number of ether oxygens (including phenoxy) is 1. The van der Waals surface area contributed by atoms with Gasteiger partial charge in [-0.1, -0.05) is 6.07 Å². The highest BCUT2D eigenvalue weighted by atomic mass is 79.9. The number of likely N-dealkylation sites (tertiary alicyclic amines) is 1. The minimum absolute atomic E-state index is 0.516. The van der Waals surface area contributed by atoms with Gasteiger partial charge in [0, 0.05) is 38.8 Å². The average molecular weight is 420 g/mol. The molecule has 2 heterocycles. The van der Waals surface area contributed by atoms with E-state index in [0.717, 1.165) is 47.8 Å². The van der Waals surface area contributed by atoms with Crippen LogP contribution in [0.5, 0.6) is 5.75 Å². The third kappa shape index (κ3) is 4.38. The molecular formula is C19H26BrN5O. The van der Waals surface area contributed by atoms with Gasteiger partial charge in [0.05, 0.1) is 24.3 Å². The molecule has 1 aliphatic rings. The number of aromatic nitrogens is 2. The fourth-order valence-electron chi connectivity index (χ4n) is 3.28. The predicted octanol–water partition coefficient (Wildman–Crippen LogP) is 3.15.